The molecule has 0 unspecified atom stereocenters. The fraction of sp³-hybridized carbons (Fsp3) is 0.650. The van der Waals surface area contributed by atoms with E-state index in [0.717, 1.165) is 44.6 Å². The van der Waals surface area contributed by atoms with Crippen molar-refractivity contribution in [3.8, 4) is 0 Å². The van der Waals surface area contributed by atoms with E-state index in [4.69, 9.17) is 4.74 Å². The number of ether oxygens (including phenoxy) is 1. The van der Waals surface area contributed by atoms with Crippen molar-refractivity contribution in [2.45, 2.75) is 59.6 Å². The quantitative estimate of drug-likeness (QED) is 0.882. The van der Waals surface area contributed by atoms with Gasteiger partial charge in [-0.25, -0.2) is 9.18 Å². The van der Waals surface area contributed by atoms with Gasteiger partial charge >= 0.3 is 6.09 Å². The van der Waals surface area contributed by atoms with Crippen molar-refractivity contribution in [2.75, 3.05) is 19.6 Å². The topological polar surface area (TPSA) is 41.6 Å². The molecule has 0 aliphatic carbocycles. The van der Waals surface area contributed by atoms with Crippen LogP contribution in [0.4, 0.5) is 9.18 Å². The molecule has 2 rings (SSSR count). The van der Waals surface area contributed by atoms with Gasteiger partial charge in [0.05, 0.1) is 0 Å². The lowest BCUT2D eigenvalue weighted by Gasteiger charge is -2.40. The molecule has 0 spiro atoms. The highest BCUT2D eigenvalue weighted by Crippen LogP contribution is 2.30. The van der Waals surface area contributed by atoms with Crippen LogP contribution in [0.5, 0.6) is 0 Å². The zero-order chi connectivity index (χ0) is 18.7. The summed E-state index contributed by atoms with van der Waals surface area (Å²) in [5.41, 5.74) is 1.48. The van der Waals surface area contributed by atoms with Crippen LogP contribution < -0.4 is 5.32 Å². The third kappa shape index (κ3) is 5.99. The molecule has 0 aromatic heterocycles. The molecule has 1 aliphatic rings. The lowest BCUT2D eigenvalue weighted by Crippen LogP contribution is -2.47. The van der Waals surface area contributed by atoms with Gasteiger partial charge in [-0.05, 0) is 63.1 Å². The summed E-state index contributed by atoms with van der Waals surface area (Å²) >= 11 is 0. The summed E-state index contributed by atoms with van der Waals surface area (Å²) in [5, 5.41) is 3.48. The van der Waals surface area contributed by atoms with Gasteiger partial charge in [0.2, 0.25) is 0 Å². The normalized spacial score (nSPS) is 17.4. The van der Waals surface area contributed by atoms with E-state index in [1.165, 1.54) is 6.07 Å². The van der Waals surface area contributed by atoms with Gasteiger partial charge < -0.3 is 15.0 Å². The molecule has 1 saturated heterocycles. The predicted octanol–water partition coefficient (Wildman–Crippen LogP) is 4.26. The van der Waals surface area contributed by atoms with E-state index in [-0.39, 0.29) is 17.3 Å². The average molecular weight is 350 g/mol. The largest absolute Gasteiger partial charge is 0.444 e. The van der Waals surface area contributed by atoms with Gasteiger partial charge in [0.15, 0.2) is 0 Å². The minimum Gasteiger partial charge on any atom is -0.444 e. The number of hydrogen-bond donors (Lipinski definition) is 1. The molecule has 4 nitrogen and oxygen atoms in total. The molecular formula is C20H31FN2O2. The molecule has 1 heterocycles. The van der Waals surface area contributed by atoms with Crippen LogP contribution in [0.3, 0.4) is 0 Å². The maximum atomic E-state index is 13.3. The van der Waals surface area contributed by atoms with Crippen molar-refractivity contribution < 1.29 is 13.9 Å². The first kappa shape index (κ1) is 19.7. The number of aryl methyl sites for hydroxylation is 1. The Morgan fingerprint density at radius 1 is 1.32 bits per heavy atom. The summed E-state index contributed by atoms with van der Waals surface area (Å²) in [5.74, 6) is -0.162. The second-order valence-corrected chi connectivity index (χ2v) is 8.47. The van der Waals surface area contributed by atoms with Crippen LogP contribution in [-0.2, 0) is 11.3 Å². The molecule has 1 amide bonds. The molecular weight excluding hydrogens is 319 g/mol. The molecule has 0 atom stereocenters. The number of rotatable bonds is 4. The van der Waals surface area contributed by atoms with Crippen LogP contribution in [0, 0.1) is 18.2 Å². The second kappa shape index (κ2) is 7.73. The average Bonchev–Trinajstić information content (AvgIpc) is 2.49. The highest BCUT2D eigenvalue weighted by atomic mass is 19.1. The molecule has 1 aromatic rings. The Balaban J connectivity index is 1.78. The van der Waals surface area contributed by atoms with Crippen LogP contribution in [0.1, 0.15) is 51.7 Å². The Hall–Kier alpha value is -1.62. The van der Waals surface area contributed by atoms with Gasteiger partial charge in [0.1, 0.15) is 11.4 Å². The van der Waals surface area contributed by atoms with Crippen LogP contribution in [-0.4, -0.2) is 36.2 Å². The molecule has 1 N–H and O–H groups in total. The molecule has 25 heavy (non-hydrogen) atoms. The summed E-state index contributed by atoms with van der Waals surface area (Å²) in [6, 6.07) is 5.23. The van der Waals surface area contributed by atoms with Gasteiger partial charge in [-0.3, -0.25) is 0 Å². The highest BCUT2D eigenvalue weighted by molar-refractivity contribution is 5.68. The van der Waals surface area contributed by atoms with Crippen LogP contribution in [0.2, 0.25) is 0 Å². The van der Waals surface area contributed by atoms with E-state index in [1.807, 2.05) is 32.9 Å². The smallest absolute Gasteiger partial charge is 0.410 e. The Kier molecular flexibility index (Phi) is 6.09. The van der Waals surface area contributed by atoms with Gasteiger partial charge in [0.25, 0.3) is 0 Å². The Morgan fingerprint density at radius 2 is 1.96 bits per heavy atom. The molecule has 0 saturated carbocycles. The second-order valence-electron chi connectivity index (χ2n) is 8.47. The van der Waals surface area contributed by atoms with E-state index in [1.54, 1.807) is 11.8 Å². The molecule has 5 heteroatoms. The van der Waals surface area contributed by atoms with Crippen molar-refractivity contribution >= 4 is 6.09 Å². The van der Waals surface area contributed by atoms with Crippen LogP contribution in [0.15, 0.2) is 18.2 Å². The van der Waals surface area contributed by atoms with E-state index < -0.39 is 5.60 Å². The van der Waals surface area contributed by atoms with E-state index >= 15 is 0 Å². The maximum Gasteiger partial charge on any atom is 0.410 e. The molecule has 1 fully saturated rings. The summed E-state index contributed by atoms with van der Waals surface area (Å²) in [7, 11) is 0. The number of benzene rings is 1. The monoisotopic (exact) mass is 350 g/mol. The maximum absolute atomic E-state index is 13.3. The standard InChI is InChI=1S/C20H31FN2O2/c1-15-12-16(6-7-17(15)21)13-22-14-20(5)8-10-23(11-9-20)18(24)25-19(2,3)4/h6-7,12,22H,8-11,13-14H2,1-5H3. The summed E-state index contributed by atoms with van der Waals surface area (Å²) < 4.78 is 18.8. The third-order valence-corrected chi connectivity index (χ3v) is 4.73. The number of nitrogens with one attached hydrogen (secondary N) is 1. The first-order chi connectivity index (χ1) is 11.6. The van der Waals surface area contributed by atoms with Gasteiger partial charge in [-0.15, -0.1) is 0 Å². The number of amides is 1. The Bertz CT molecular complexity index is 602. The van der Waals surface area contributed by atoms with E-state index in [2.05, 4.69) is 12.2 Å². The van der Waals surface area contributed by atoms with Crippen molar-refractivity contribution in [1.82, 2.24) is 10.2 Å². The predicted molar refractivity (Wildman–Crippen MR) is 98.0 cm³/mol. The molecule has 1 aromatic carbocycles. The molecule has 140 valence electrons. The third-order valence-electron chi connectivity index (χ3n) is 4.73. The molecule has 0 bridgehead atoms. The zero-order valence-corrected chi connectivity index (χ0v) is 16.1. The highest BCUT2D eigenvalue weighted by Gasteiger charge is 2.33. The summed E-state index contributed by atoms with van der Waals surface area (Å²) in [4.78, 5) is 13.9. The van der Waals surface area contributed by atoms with Crippen LogP contribution >= 0.6 is 0 Å². The lowest BCUT2D eigenvalue weighted by atomic mass is 9.80. The van der Waals surface area contributed by atoms with E-state index in [9.17, 15) is 9.18 Å². The van der Waals surface area contributed by atoms with Crippen molar-refractivity contribution in [1.29, 1.82) is 0 Å². The number of likely N-dealkylation sites (tertiary alicyclic amines) is 1. The zero-order valence-electron chi connectivity index (χ0n) is 16.1. The fourth-order valence-corrected chi connectivity index (χ4v) is 3.06. The molecule has 1 aliphatic heterocycles. The van der Waals surface area contributed by atoms with Crippen molar-refractivity contribution in [3.05, 3.63) is 35.1 Å². The molecule has 0 radical (unpaired) electrons. The minimum absolute atomic E-state index is 0.160. The van der Waals surface area contributed by atoms with Gasteiger partial charge in [0, 0.05) is 26.2 Å². The number of hydrogen-bond acceptors (Lipinski definition) is 3. The van der Waals surface area contributed by atoms with Gasteiger partial charge in [-0.1, -0.05) is 19.1 Å². The minimum atomic E-state index is -0.452. The summed E-state index contributed by atoms with van der Waals surface area (Å²) in [6.45, 7) is 12.8. The SMILES string of the molecule is Cc1cc(CNCC2(C)CCN(C(=O)OC(C)(C)C)CC2)ccc1F. The van der Waals surface area contributed by atoms with Crippen LogP contribution in [0.25, 0.3) is 0 Å². The fourth-order valence-electron chi connectivity index (χ4n) is 3.06. The number of carbonyl (C=O) groups excluding carboxylic acids is 1. The van der Waals surface area contributed by atoms with E-state index in [0.29, 0.717) is 5.56 Å². The van der Waals surface area contributed by atoms with Crippen molar-refractivity contribution in [3.63, 3.8) is 0 Å². The Morgan fingerprint density at radius 3 is 2.52 bits per heavy atom. The number of nitrogens with zero attached hydrogens (tertiary/aromatic N) is 1. The number of halogens is 1. The Labute approximate surface area is 150 Å². The lowest BCUT2D eigenvalue weighted by molar-refractivity contribution is 0.0119. The first-order valence-corrected chi connectivity index (χ1v) is 9.02. The number of piperidine rings is 1. The van der Waals surface area contributed by atoms with Gasteiger partial charge in [-0.2, -0.15) is 0 Å². The summed E-state index contributed by atoms with van der Waals surface area (Å²) in [6.07, 6.45) is 1.67. The number of carbonyl (C=O) groups is 1. The van der Waals surface area contributed by atoms with Crippen molar-refractivity contribution in [2.24, 2.45) is 5.41 Å². The first-order valence-electron chi connectivity index (χ1n) is 9.02.